The summed E-state index contributed by atoms with van der Waals surface area (Å²) in [4.78, 5) is 0. The van der Waals surface area contributed by atoms with Crippen LogP contribution in [0.1, 0.15) is 77.2 Å². The van der Waals surface area contributed by atoms with Crippen molar-refractivity contribution in [3.63, 3.8) is 0 Å². The van der Waals surface area contributed by atoms with Gasteiger partial charge in [0, 0.05) is 0 Å². The van der Waals surface area contributed by atoms with Crippen LogP contribution in [0.5, 0.6) is 5.75 Å². The minimum Gasteiger partial charge on any atom is -0.494 e. The maximum Gasteiger partial charge on any atom is 0.119 e. The third-order valence-electron chi connectivity index (χ3n) is 6.28. The Kier molecular flexibility index (Phi) is 6.40. The second kappa shape index (κ2) is 8.74. The lowest BCUT2D eigenvalue weighted by Crippen LogP contribution is -2.22. The van der Waals surface area contributed by atoms with Gasteiger partial charge in [-0.1, -0.05) is 51.3 Å². The highest BCUT2D eigenvalue weighted by Crippen LogP contribution is 2.41. The van der Waals surface area contributed by atoms with Gasteiger partial charge >= 0.3 is 0 Å². The number of benzene rings is 1. The van der Waals surface area contributed by atoms with Gasteiger partial charge < -0.3 is 4.74 Å². The van der Waals surface area contributed by atoms with Crippen molar-refractivity contribution in [2.45, 2.75) is 71.6 Å². The smallest absolute Gasteiger partial charge is 0.119 e. The number of hydrogen-bond acceptors (Lipinski definition) is 1. The minimum absolute atomic E-state index is 0.810. The molecule has 1 unspecified atom stereocenters. The Morgan fingerprint density at radius 1 is 0.917 bits per heavy atom. The Bertz CT molecular complexity index is 519. The molecule has 0 N–H and O–H groups in total. The summed E-state index contributed by atoms with van der Waals surface area (Å²) in [5.41, 5.74) is 2.95. The summed E-state index contributed by atoms with van der Waals surface area (Å²) in [7, 11) is 0. The first kappa shape index (κ1) is 17.6. The van der Waals surface area contributed by atoms with E-state index in [0.29, 0.717) is 0 Å². The van der Waals surface area contributed by atoms with Crippen LogP contribution in [-0.2, 0) is 0 Å². The van der Waals surface area contributed by atoms with Crippen LogP contribution in [0, 0.1) is 17.8 Å². The van der Waals surface area contributed by atoms with E-state index in [4.69, 9.17) is 4.74 Å². The largest absolute Gasteiger partial charge is 0.494 e. The van der Waals surface area contributed by atoms with E-state index in [-0.39, 0.29) is 0 Å². The van der Waals surface area contributed by atoms with Crippen molar-refractivity contribution in [1.82, 2.24) is 0 Å². The van der Waals surface area contributed by atoms with Crippen LogP contribution in [0.4, 0.5) is 0 Å². The maximum atomic E-state index is 5.69. The normalized spacial score (nSPS) is 27.6. The molecule has 1 saturated carbocycles. The summed E-state index contributed by atoms with van der Waals surface area (Å²) in [6.07, 6.45) is 14.8. The molecule has 1 aromatic carbocycles. The van der Waals surface area contributed by atoms with Gasteiger partial charge in [-0.2, -0.15) is 0 Å². The average Bonchev–Trinajstić information content (AvgIpc) is 2.67. The summed E-state index contributed by atoms with van der Waals surface area (Å²) >= 11 is 0. The molecule has 1 fully saturated rings. The van der Waals surface area contributed by atoms with Crippen molar-refractivity contribution in [2.24, 2.45) is 17.8 Å². The Morgan fingerprint density at radius 3 is 2.25 bits per heavy atom. The summed E-state index contributed by atoms with van der Waals surface area (Å²) < 4.78 is 5.69. The van der Waals surface area contributed by atoms with Crippen LogP contribution in [-0.4, -0.2) is 6.61 Å². The molecule has 1 aromatic rings. The van der Waals surface area contributed by atoms with Gasteiger partial charge in [-0.25, -0.2) is 0 Å². The van der Waals surface area contributed by atoms with Crippen LogP contribution < -0.4 is 4.74 Å². The first-order chi connectivity index (χ1) is 11.8. The molecular formula is C23H34O. The lowest BCUT2D eigenvalue weighted by Gasteiger charge is -2.35. The molecule has 0 amide bonds. The second-order valence-electron chi connectivity index (χ2n) is 7.83. The number of ether oxygens (including phenoxy) is 1. The highest BCUT2D eigenvalue weighted by atomic mass is 16.5. The summed E-state index contributed by atoms with van der Waals surface area (Å²) in [6.45, 7) is 5.32. The number of hydrogen-bond donors (Lipinski definition) is 0. The third kappa shape index (κ3) is 4.43. The molecule has 0 saturated heterocycles. The zero-order chi connectivity index (χ0) is 16.8. The van der Waals surface area contributed by atoms with E-state index in [9.17, 15) is 0 Å². The van der Waals surface area contributed by atoms with Crippen LogP contribution >= 0.6 is 0 Å². The van der Waals surface area contributed by atoms with Crippen molar-refractivity contribution >= 4 is 5.57 Å². The lowest BCUT2D eigenvalue weighted by molar-refractivity contribution is 0.192. The van der Waals surface area contributed by atoms with Crippen molar-refractivity contribution in [1.29, 1.82) is 0 Å². The van der Waals surface area contributed by atoms with Crippen LogP contribution in [0.15, 0.2) is 30.3 Å². The van der Waals surface area contributed by atoms with E-state index in [1.807, 2.05) is 0 Å². The quantitative estimate of drug-likeness (QED) is 0.554. The molecule has 1 nitrogen and oxygen atoms in total. The number of allylic oxidation sites excluding steroid dienone is 2. The Balaban J connectivity index is 1.53. The van der Waals surface area contributed by atoms with Crippen LogP contribution in [0.25, 0.3) is 5.57 Å². The van der Waals surface area contributed by atoms with Gasteiger partial charge in [0.2, 0.25) is 0 Å². The van der Waals surface area contributed by atoms with E-state index < -0.39 is 0 Å². The summed E-state index contributed by atoms with van der Waals surface area (Å²) in [6, 6.07) is 8.74. The zero-order valence-corrected chi connectivity index (χ0v) is 15.6. The van der Waals surface area contributed by atoms with E-state index in [1.165, 1.54) is 56.9 Å². The fourth-order valence-electron chi connectivity index (χ4n) is 4.60. The van der Waals surface area contributed by atoms with Gasteiger partial charge in [-0.05, 0) is 79.5 Å². The van der Waals surface area contributed by atoms with E-state index in [0.717, 1.165) is 36.5 Å². The first-order valence-corrected chi connectivity index (χ1v) is 10.2. The van der Waals surface area contributed by atoms with E-state index >= 15 is 0 Å². The molecule has 0 spiro atoms. The Labute approximate surface area is 148 Å². The predicted octanol–water partition coefficient (Wildman–Crippen LogP) is 6.88. The van der Waals surface area contributed by atoms with Crippen molar-refractivity contribution in [3.8, 4) is 5.75 Å². The van der Waals surface area contributed by atoms with Crippen LogP contribution in [0.3, 0.4) is 0 Å². The van der Waals surface area contributed by atoms with Crippen molar-refractivity contribution in [3.05, 3.63) is 35.9 Å². The minimum atomic E-state index is 0.810. The molecule has 0 aliphatic heterocycles. The molecule has 24 heavy (non-hydrogen) atoms. The second-order valence-corrected chi connectivity index (χ2v) is 7.83. The van der Waals surface area contributed by atoms with Gasteiger partial charge in [0.15, 0.2) is 0 Å². The SMILES string of the molecule is CCCOc1ccc(C2=CCC(C3CCC(CC)CC3)CC2)cc1. The zero-order valence-electron chi connectivity index (χ0n) is 15.6. The highest BCUT2D eigenvalue weighted by Gasteiger charge is 2.28. The van der Waals surface area contributed by atoms with Gasteiger partial charge in [0.25, 0.3) is 0 Å². The third-order valence-corrected chi connectivity index (χ3v) is 6.28. The van der Waals surface area contributed by atoms with E-state index in [1.54, 1.807) is 5.57 Å². The molecule has 3 rings (SSSR count). The molecule has 132 valence electrons. The fourth-order valence-corrected chi connectivity index (χ4v) is 4.60. The van der Waals surface area contributed by atoms with Gasteiger partial charge in [-0.3, -0.25) is 0 Å². The van der Waals surface area contributed by atoms with Gasteiger partial charge in [0.05, 0.1) is 6.61 Å². The molecule has 0 bridgehead atoms. The molecule has 1 heteroatoms. The highest BCUT2D eigenvalue weighted by molar-refractivity contribution is 5.66. The molecular weight excluding hydrogens is 292 g/mol. The van der Waals surface area contributed by atoms with E-state index in [2.05, 4.69) is 44.2 Å². The fraction of sp³-hybridized carbons (Fsp3) is 0.652. The molecule has 2 aliphatic carbocycles. The van der Waals surface area contributed by atoms with Crippen LogP contribution in [0.2, 0.25) is 0 Å². The Hall–Kier alpha value is -1.24. The van der Waals surface area contributed by atoms with Crippen molar-refractivity contribution < 1.29 is 4.74 Å². The topological polar surface area (TPSA) is 9.23 Å². The monoisotopic (exact) mass is 326 g/mol. The first-order valence-electron chi connectivity index (χ1n) is 10.2. The maximum absolute atomic E-state index is 5.69. The molecule has 0 aromatic heterocycles. The van der Waals surface area contributed by atoms with Gasteiger partial charge in [0.1, 0.15) is 5.75 Å². The molecule has 1 atom stereocenters. The molecule has 2 aliphatic rings. The molecule has 0 radical (unpaired) electrons. The van der Waals surface area contributed by atoms with Crippen molar-refractivity contribution in [2.75, 3.05) is 6.61 Å². The number of rotatable bonds is 6. The summed E-state index contributed by atoms with van der Waals surface area (Å²) in [5.74, 6) is 3.96. The van der Waals surface area contributed by atoms with Gasteiger partial charge in [-0.15, -0.1) is 0 Å². The lowest BCUT2D eigenvalue weighted by atomic mass is 9.70. The summed E-state index contributed by atoms with van der Waals surface area (Å²) in [5, 5.41) is 0. The molecule has 0 heterocycles. The standard InChI is InChI=1S/C23H34O/c1-3-17-24-23-15-13-22(14-16-23)21-11-9-20(10-12-21)19-7-5-18(4-2)6-8-19/h11,13-16,18-20H,3-10,12,17H2,1-2H3. The average molecular weight is 327 g/mol. The predicted molar refractivity (Wildman–Crippen MR) is 103 cm³/mol. The Morgan fingerprint density at radius 2 is 1.67 bits per heavy atom.